The maximum atomic E-state index is 15.0. The van der Waals surface area contributed by atoms with Crippen molar-refractivity contribution < 1.29 is 35.1 Å². The van der Waals surface area contributed by atoms with Crippen LogP contribution in [0, 0.1) is 35.3 Å². The van der Waals surface area contributed by atoms with Gasteiger partial charge in [0.1, 0.15) is 15.9 Å². The zero-order valence-electron chi connectivity index (χ0n) is 22.9. The fraction of sp³-hybridized carbons (Fsp3) is 0.414. The van der Waals surface area contributed by atoms with Crippen LogP contribution in [0.1, 0.15) is 25.7 Å². The number of carbonyl (C=O) groups is 1. The first kappa shape index (κ1) is 32.1. The highest BCUT2D eigenvalue weighted by Crippen LogP contribution is 2.52. The molecule has 0 radical (unpaired) electrons. The number of hydrogen-bond acceptors (Lipinski definition) is 6. The van der Waals surface area contributed by atoms with Crippen LogP contribution in [0.3, 0.4) is 0 Å². The van der Waals surface area contributed by atoms with E-state index in [4.69, 9.17) is 27.9 Å². The Hall–Kier alpha value is -2.35. The molecule has 1 aliphatic heterocycles. The molecule has 2 saturated carbocycles. The minimum absolute atomic E-state index is 0.121. The second-order valence-corrected chi connectivity index (χ2v) is 15.5. The number of rotatable bonds is 9. The van der Waals surface area contributed by atoms with Crippen molar-refractivity contribution >= 4 is 49.2 Å². The summed E-state index contributed by atoms with van der Waals surface area (Å²) < 4.78 is 91.7. The zero-order chi connectivity index (χ0) is 31.3. The van der Waals surface area contributed by atoms with Gasteiger partial charge in [-0.25, -0.2) is 30.3 Å². The lowest BCUT2D eigenvalue weighted by atomic mass is 9.79. The first-order valence-corrected chi connectivity index (χ1v) is 17.4. The van der Waals surface area contributed by atoms with Crippen molar-refractivity contribution in [2.24, 2.45) is 23.7 Å². The third-order valence-electron chi connectivity index (χ3n) is 8.65. The zero-order valence-corrected chi connectivity index (χ0v) is 26.1. The summed E-state index contributed by atoms with van der Waals surface area (Å²) in [5, 5.41) is -0.831. The van der Waals surface area contributed by atoms with Gasteiger partial charge in [-0.3, -0.25) is 4.79 Å². The standard InChI is InChI=1S/C29H30Cl2F2N2O6S2/c1-16-9-12-19-20(29(36)41-28(19)25-17(2)10-11-18(16)25)15-35(43(39,40)24-8-4-6-22(31)27(24)33)14-13-34-42(37,38)23-7-3-5-21(30)26(23)32/h3-8,18-20,25,28,34H,1-2,9-15H2/t18-,19-,20?,25-,28-/m0/s1. The van der Waals surface area contributed by atoms with Gasteiger partial charge in [-0.05, 0) is 55.9 Å². The number of hydrogen-bond donors (Lipinski definition) is 1. The topological polar surface area (TPSA) is 110 Å². The van der Waals surface area contributed by atoms with Gasteiger partial charge in [-0.15, -0.1) is 0 Å². The molecule has 2 aliphatic carbocycles. The predicted molar refractivity (Wildman–Crippen MR) is 157 cm³/mol. The monoisotopic (exact) mass is 674 g/mol. The van der Waals surface area contributed by atoms with Gasteiger partial charge in [-0.1, -0.05) is 59.6 Å². The van der Waals surface area contributed by atoms with Gasteiger partial charge in [0.2, 0.25) is 20.0 Å². The number of sulfonamides is 2. The number of fused-ring (bicyclic) bond motifs is 3. The molecule has 1 N–H and O–H groups in total. The third-order valence-corrected chi connectivity index (χ3v) is 12.6. The third kappa shape index (κ3) is 6.02. The second-order valence-electron chi connectivity index (χ2n) is 11.1. The summed E-state index contributed by atoms with van der Waals surface area (Å²) >= 11 is 11.6. The van der Waals surface area contributed by atoms with E-state index in [9.17, 15) is 26.0 Å². The maximum absolute atomic E-state index is 15.0. The number of carbonyl (C=O) groups excluding carboxylic acids is 1. The van der Waals surface area contributed by atoms with Crippen molar-refractivity contribution in [3.63, 3.8) is 0 Å². The number of halogens is 4. The van der Waals surface area contributed by atoms with Gasteiger partial charge in [0.15, 0.2) is 11.6 Å². The number of nitrogens with zero attached hydrogens (tertiary/aromatic N) is 1. The van der Waals surface area contributed by atoms with Gasteiger partial charge in [-0.2, -0.15) is 4.31 Å². The van der Waals surface area contributed by atoms with Crippen molar-refractivity contribution in [2.45, 2.75) is 41.6 Å². The maximum Gasteiger partial charge on any atom is 0.311 e. The fourth-order valence-electron chi connectivity index (χ4n) is 6.48. The van der Waals surface area contributed by atoms with Crippen molar-refractivity contribution in [3.8, 4) is 0 Å². The number of benzene rings is 2. The Morgan fingerprint density at radius 1 is 0.930 bits per heavy atom. The molecule has 0 spiro atoms. The van der Waals surface area contributed by atoms with Crippen molar-refractivity contribution in [3.05, 3.63) is 82.4 Å². The minimum atomic E-state index is -4.65. The first-order valence-electron chi connectivity index (χ1n) is 13.7. The van der Waals surface area contributed by atoms with E-state index in [1.807, 2.05) is 0 Å². The van der Waals surface area contributed by atoms with E-state index in [1.165, 1.54) is 24.3 Å². The van der Waals surface area contributed by atoms with Gasteiger partial charge in [0, 0.05) is 31.5 Å². The Kier molecular flexibility index (Phi) is 9.10. The molecule has 0 amide bonds. The molecule has 43 heavy (non-hydrogen) atoms. The van der Waals surface area contributed by atoms with Crippen LogP contribution in [-0.2, 0) is 29.6 Å². The molecule has 3 aliphatic rings. The molecule has 1 saturated heterocycles. The normalized spacial score (nSPS) is 25.9. The molecular weight excluding hydrogens is 645 g/mol. The average molecular weight is 676 g/mol. The molecule has 2 aromatic carbocycles. The number of ether oxygens (including phenoxy) is 1. The van der Waals surface area contributed by atoms with Gasteiger partial charge in [0.25, 0.3) is 0 Å². The Labute approximate surface area is 259 Å². The van der Waals surface area contributed by atoms with Crippen LogP contribution in [-0.4, -0.2) is 52.8 Å². The average Bonchev–Trinajstić information content (AvgIpc) is 3.43. The van der Waals surface area contributed by atoms with E-state index in [0.717, 1.165) is 40.4 Å². The highest BCUT2D eigenvalue weighted by Gasteiger charge is 2.54. The molecule has 0 bridgehead atoms. The molecule has 1 unspecified atom stereocenters. The quantitative estimate of drug-likeness (QED) is 0.284. The van der Waals surface area contributed by atoms with E-state index in [0.29, 0.717) is 12.8 Å². The van der Waals surface area contributed by atoms with E-state index in [2.05, 4.69) is 17.9 Å². The Bertz CT molecular complexity index is 1700. The molecule has 3 fully saturated rings. The highest BCUT2D eigenvalue weighted by atomic mass is 35.5. The largest absolute Gasteiger partial charge is 0.461 e. The first-order chi connectivity index (χ1) is 20.2. The summed E-state index contributed by atoms with van der Waals surface area (Å²) in [5.41, 5.74) is 2.01. The molecule has 5 rings (SSSR count). The summed E-state index contributed by atoms with van der Waals surface area (Å²) in [4.78, 5) is 11.8. The number of nitrogens with one attached hydrogen (secondary N) is 1. The lowest BCUT2D eigenvalue weighted by molar-refractivity contribution is -0.145. The van der Waals surface area contributed by atoms with Crippen molar-refractivity contribution in [2.75, 3.05) is 19.6 Å². The Morgan fingerprint density at radius 2 is 1.53 bits per heavy atom. The van der Waals surface area contributed by atoms with Gasteiger partial charge >= 0.3 is 5.97 Å². The molecule has 1 heterocycles. The summed E-state index contributed by atoms with van der Waals surface area (Å²) in [6.07, 6.45) is 2.29. The Morgan fingerprint density at radius 3 is 2.21 bits per heavy atom. The molecule has 0 aromatic heterocycles. The van der Waals surface area contributed by atoms with E-state index in [-0.39, 0.29) is 17.8 Å². The molecule has 14 heteroatoms. The SMILES string of the molecule is C=C1CC[C@H]2C(=C)CC[C@H]3C(CN(CCNS(=O)(=O)c4cccc(Cl)c4F)S(=O)(=O)c4cccc(Cl)c4F)C(=O)O[C@@H]3[C@@H]12. The van der Waals surface area contributed by atoms with Crippen molar-refractivity contribution in [1.29, 1.82) is 0 Å². The molecule has 5 atom stereocenters. The Balaban J connectivity index is 1.44. The second kappa shape index (κ2) is 12.2. The predicted octanol–water partition coefficient (Wildman–Crippen LogP) is 5.33. The minimum Gasteiger partial charge on any atom is -0.461 e. The summed E-state index contributed by atoms with van der Waals surface area (Å²) in [6.45, 7) is 6.99. The smallest absolute Gasteiger partial charge is 0.311 e. The fourth-order valence-corrected chi connectivity index (χ4v) is 9.62. The summed E-state index contributed by atoms with van der Waals surface area (Å²) in [5.74, 6) is -4.21. The van der Waals surface area contributed by atoms with Crippen molar-refractivity contribution in [1.82, 2.24) is 9.03 Å². The van der Waals surface area contributed by atoms with Crippen LogP contribution in [0.5, 0.6) is 0 Å². The molecule has 8 nitrogen and oxygen atoms in total. The molecule has 232 valence electrons. The molecule has 2 aromatic rings. The van der Waals surface area contributed by atoms with E-state index < -0.39 is 89.1 Å². The lowest BCUT2D eigenvalue weighted by Gasteiger charge is -2.29. The van der Waals surface area contributed by atoms with Crippen LogP contribution in [0.4, 0.5) is 8.78 Å². The lowest BCUT2D eigenvalue weighted by Crippen LogP contribution is -2.43. The van der Waals surface area contributed by atoms with Crippen LogP contribution in [0.15, 0.2) is 70.5 Å². The van der Waals surface area contributed by atoms with Crippen LogP contribution >= 0.6 is 23.2 Å². The van der Waals surface area contributed by atoms with Crippen LogP contribution < -0.4 is 4.72 Å². The number of allylic oxidation sites excluding steroid dienone is 1. The highest BCUT2D eigenvalue weighted by molar-refractivity contribution is 7.89. The van der Waals surface area contributed by atoms with Crippen LogP contribution in [0.2, 0.25) is 10.0 Å². The van der Waals surface area contributed by atoms with Gasteiger partial charge in [0.05, 0.1) is 16.0 Å². The number of esters is 1. The van der Waals surface area contributed by atoms with Crippen LogP contribution in [0.25, 0.3) is 0 Å². The van der Waals surface area contributed by atoms with E-state index >= 15 is 4.39 Å². The summed E-state index contributed by atoms with van der Waals surface area (Å²) in [6, 6.07) is 6.95. The van der Waals surface area contributed by atoms with Gasteiger partial charge < -0.3 is 4.74 Å². The van der Waals surface area contributed by atoms with E-state index in [1.54, 1.807) is 0 Å². The molecular formula is C29H30Cl2F2N2O6S2. The summed E-state index contributed by atoms with van der Waals surface area (Å²) in [7, 11) is -9.10.